The molecule has 3 N–H and O–H groups in total. The first-order valence-electron chi connectivity index (χ1n) is 5.94. The quantitative estimate of drug-likeness (QED) is 0.886. The molecule has 0 fully saturated rings. The number of carbonyl (C=O) groups excluding carboxylic acids is 1. The first-order valence-corrected chi connectivity index (χ1v) is 7.49. The highest BCUT2D eigenvalue weighted by Gasteiger charge is 2.20. The Labute approximate surface area is 111 Å². The third-order valence-corrected chi connectivity index (χ3v) is 5.20. The van der Waals surface area contributed by atoms with E-state index < -0.39 is 21.0 Å². The van der Waals surface area contributed by atoms with Crippen LogP contribution < -0.4 is 5.73 Å². The van der Waals surface area contributed by atoms with Crippen molar-refractivity contribution in [3.05, 3.63) is 30.0 Å². The highest BCUT2D eigenvalue weighted by molar-refractivity contribution is 7.92. The molecule has 0 aliphatic heterocycles. The van der Waals surface area contributed by atoms with E-state index in [-0.39, 0.29) is 11.3 Å². The van der Waals surface area contributed by atoms with E-state index in [4.69, 9.17) is 5.73 Å². The maximum atomic E-state index is 12.1. The van der Waals surface area contributed by atoms with Gasteiger partial charge >= 0.3 is 0 Å². The van der Waals surface area contributed by atoms with Crippen molar-refractivity contribution in [1.82, 2.24) is 4.98 Å². The highest BCUT2D eigenvalue weighted by Crippen LogP contribution is 2.24. The van der Waals surface area contributed by atoms with Crippen molar-refractivity contribution in [2.75, 3.05) is 0 Å². The number of H-pyrrole nitrogens is 1. The van der Waals surface area contributed by atoms with Gasteiger partial charge in [0, 0.05) is 17.1 Å². The zero-order valence-electron chi connectivity index (χ0n) is 10.8. The monoisotopic (exact) mass is 280 g/mol. The van der Waals surface area contributed by atoms with Crippen molar-refractivity contribution in [2.45, 2.75) is 30.4 Å². The minimum absolute atomic E-state index is 0.0885. The lowest BCUT2D eigenvalue weighted by Gasteiger charge is -2.08. The van der Waals surface area contributed by atoms with Gasteiger partial charge in [-0.3, -0.25) is 4.79 Å². The molecule has 1 amide bonds. The second-order valence-electron chi connectivity index (χ2n) is 4.76. The molecule has 6 heteroatoms. The SMILES string of the molecule is CC(C)S(=O)(=O)c1ccc2[nH]cc(CC(N)=O)c2c1. The van der Waals surface area contributed by atoms with E-state index in [9.17, 15) is 13.2 Å². The van der Waals surface area contributed by atoms with Crippen LogP contribution in [0.2, 0.25) is 0 Å². The largest absolute Gasteiger partial charge is 0.369 e. The second-order valence-corrected chi connectivity index (χ2v) is 7.26. The van der Waals surface area contributed by atoms with E-state index in [1.807, 2.05) is 0 Å². The van der Waals surface area contributed by atoms with Crippen LogP contribution in [0.5, 0.6) is 0 Å². The number of sulfone groups is 1. The van der Waals surface area contributed by atoms with Crippen molar-refractivity contribution < 1.29 is 13.2 Å². The van der Waals surface area contributed by atoms with Gasteiger partial charge in [-0.15, -0.1) is 0 Å². The number of aromatic amines is 1. The van der Waals surface area contributed by atoms with Gasteiger partial charge in [-0.1, -0.05) is 0 Å². The molecule has 0 saturated carbocycles. The Balaban J connectivity index is 2.59. The minimum atomic E-state index is -3.32. The van der Waals surface area contributed by atoms with Crippen molar-refractivity contribution in [2.24, 2.45) is 5.73 Å². The minimum Gasteiger partial charge on any atom is -0.369 e. The predicted octanol–water partition coefficient (Wildman–Crippen LogP) is 1.38. The standard InChI is InChI=1S/C13H16N2O3S/c1-8(2)19(17,18)10-3-4-12-11(6-10)9(7-15-12)5-13(14)16/h3-4,6-8,15H,5H2,1-2H3,(H2,14,16). The molecule has 0 unspecified atom stereocenters. The van der Waals surface area contributed by atoms with Gasteiger partial charge < -0.3 is 10.7 Å². The molecule has 0 aliphatic carbocycles. The summed E-state index contributed by atoms with van der Waals surface area (Å²) in [6.45, 7) is 3.28. The number of aromatic nitrogens is 1. The number of nitrogens with two attached hydrogens (primary N) is 1. The van der Waals surface area contributed by atoms with Gasteiger partial charge in [0.1, 0.15) is 0 Å². The van der Waals surface area contributed by atoms with Gasteiger partial charge in [-0.25, -0.2) is 8.42 Å². The number of rotatable bonds is 4. The van der Waals surface area contributed by atoms with Crippen molar-refractivity contribution in [3.63, 3.8) is 0 Å². The van der Waals surface area contributed by atoms with Crippen molar-refractivity contribution in [3.8, 4) is 0 Å². The summed E-state index contributed by atoms with van der Waals surface area (Å²) in [6.07, 6.45) is 1.77. The van der Waals surface area contributed by atoms with E-state index in [0.29, 0.717) is 5.56 Å². The first kappa shape index (κ1) is 13.6. The predicted molar refractivity (Wildman–Crippen MR) is 73.5 cm³/mol. The maximum absolute atomic E-state index is 12.1. The topological polar surface area (TPSA) is 93.0 Å². The Hall–Kier alpha value is -1.82. The van der Waals surface area contributed by atoms with Crippen LogP contribution in [-0.4, -0.2) is 24.6 Å². The number of nitrogens with one attached hydrogen (secondary N) is 1. The summed E-state index contributed by atoms with van der Waals surface area (Å²) in [5, 5.41) is 0.240. The normalized spacial score (nSPS) is 12.2. The Bertz CT molecular complexity index is 729. The summed E-state index contributed by atoms with van der Waals surface area (Å²) in [5.74, 6) is -0.446. The molecule has 0 atom stereocenters. The van der Waals surface area contributed by atoms with Crippen LogP contribution in [0.4, 0.5) is 0 Å². The number of primary amides is 1. The molecule has 1 aromatic heterocycles. The average Bonchev–Trinajstić information content (AvgIpc) is 2.71. The van der Waals surface area contributed by atoms with Crippen molar-refractivity contribution in [1.29, 1.82) is 0 Å². The molecule has 0 aliphatic rings. The summed E-state index contributed by atoms with van der Waals surface area (Å²) in [7, 11) is -3.32. The smallest absolute Gasteiger partial charge is 0.221 e. The van der Waals surface area contributed by atoms with E-state index >= 15 is 0 Å². The molecule has 0 spiro atoms. The van der Waals surface area contributed by atoms with Crippen molar-refractivity contribution >= 4 is 26.6 Å². The third-order valence-electron chi connectivity index (χ3n) is 3.05. The lowest BCUT2D eigenvalue weighted by atomic mass is 10.1. The summed E-state index contributed by atoms with van der Waals surface area (Å²) < 4.78 is 24.3. The first-order chi connectivity index (χ1) is 8.82. The van der Waals surface area contributed by atoms with Gasteiger partial charge in [0.05, 0.1) is 16.6 Å². The molecular formula is C13H16N2O3S. The van der Waals surface area contributed by atoms with Crippen LogP contribution in [0.15, 0.2) is 29.3 Å². The molecule has 2 aromatic rings. The van der Waals surface area contributed by atoms with Crippen LogP contribution in [0, 0.1) is 0 Å². The molecule has 102 valence electrons. The molecule has 0 saturated heterocycles. The van der Waals surface area contributed by atoms with Crippen LogP contribution in [-0.2, 0) is 21.1 Å². The zero-order valence-corrected chi connectivity index (χ0v) is 11.6. The number of fused-ring (bicyclic) bond motifs is 1. The Kier molecular flexibility index (Phi) is 3.36. The molecule has 0 radical (unpaired) electrons. The Morgan fingerprint density at radius 3 is 2.63 bits per heavy atom. The lowest BCUT2D eigenvalue weighted by molar-refractivity contribution is -0.117. The summed E-state index contributed by atoms with van der Waals surface area (Å²) >= 11 is 0. The lowest BCUT2D eigenvalue weighted by Crippen LogP contribution is -2.14. The molecule has 19 heavy (non-hydrogen) atoms. The highest BCUT2D eigenvalue weighted by atomic mass is 32.2. The molecule has 1 aromatic carbocycles. The van der Waals surface area contributed by atoms with E-state index in [1.54, 1.807) is 38.2 Å². The van der Waals surface area contributed by atoms with Crippen LogP contribution in [0.1, 0.15) is 19.4 Å². The van der Waals surface area contributed by atoms with Gasteiger partial charge in [-0.2, -0.15) is 0 Å². The van der Waals surface area contributed by atoms with Gasteiger partial charge in [-0.05, 0) is 37.6 Å². The third kappa shape index (κ3) is 2.49. The molecule has 1 heterocycles. The Morgan fingerprint density at radius 1 is 1.37 bits per heavy atom. The molecule has 5 nitrogen and oxygen atoms in total. The van der Waals surface area contributed by atoms with Crippen LogP contribution in [0.25, 0.3) is 10.9 Å². The number of amides is 1. The van der Waals surface area contributed by atoms with Crippen LogP contribution >= 0.6 is 0 Å². The fourth-order valence-corrected chi connectivity index (χ4v) is 3.02. The van der Waals surface area contributed by atoms with Crippen LogP contribution in [0.3, 0.4) is 0 Å². The number of hydrogen-bond acceptors (Lipinski definition) is 3. The van der Waals surface area contributed by atoms with Gasteiger partial charge in [0.2, 0.25) is 5.91 Å². The average molecular weight is 280 g/mol. The zero-order chi connectivity index (χ0) is 14.2. The number of carbonyl (C=O) groups is 1. The second kappa shape index (κ2) is 4.70. The molecule has 0 bridgehead atoms. The van der Waals surface area contributed by atoms with E-state index in [1.165, 1.54) is 0 Å². The number of hydrogen-bond donors (Lipinski definition) is 2. The summed E-state index contributed by atoms with van der Waals surface area (Å²) in [4.78, 5) is 14.3. The van der Waals surface area contributed by atoms with Gasteiger partial charge in [0.25, 0.3) is 0 Å². The van der Waals surface area contributed by atoms with Gasteiger partial charge in [0.15, 0.2) is 9.84 Å². The van der Waals surface area contributed by atoms with E-state index in [2.05, 4.69) is 4.98 Å². The molecular weight excluding hydrogens is 264 g/mol. The number of benzene rings is 1. The Morgan fingerprint density at radius 2 is 2.05 bits per heavy atom. The summed E-state index contributed by atoms with van der Waals surface area (Å²) in [6, 6.07) is 4.87. The fraction of sp³-hybridized carbons (Fsp3) is 0.308. The fourth-order valence-electron chi connectivity index (χ4n) is 1.94. The van der Waals surface area contributed by atoms with E-state index in [0.717, 1.165) is 10.9 Å². The maximum Gasteiger partial charge on any atom is 0.221 e. The summed E-state index contributed by atoms with van der Waals surface area (Å²) in [5.41, 5.74) is 6.68. The molecule has 2 rings (SSSR count).